The highest BCUT2D eigenvalue weighted by Crippen LogP contribution is 2.25. The normalized spacial score (nSPS) is 12.2. The van der Waals surface area contributed by atoms with Gasteiger partial charge in [-0.1, -0.05) is 310 Å². The maximum absolute atomic E-state index is 2.32. The van der Waals surface area contributed by atoms with Crippen LogP contribution in [0.15, 0.2) is 0 Å². The van der Waals surface area contributed by atoms with E-state index in [2.05, 4.69) is 79.6 Å². The number of hydrogen-bond acceptors (Lipinski definition) is 5. The van der Waals surface area contributed by atoms with E-state index in [4.69, 9.17) is 0 Å². The molecule has 0 saturated carbocycles. The van der Waals surface area contributed by atoms with Gasteiger partial charge in [0.25, 0.3) is 0 Å². The molecule has 1 atom stereocenters. The van der Waals surface area contributed by atoms with E-state index in [1.54, 1.807) is 0 Å². The van der Waals surface area contributed by atoms with E-state index in [0.29, 0.717) is 0 Å². The van der Waals surface area contributed by atoms with Crippen molar-refractivity contribution in [3.05, 3.63) is 0 Å². The molecule has 5 heteroatoms. The summed E-state index contributed by atoms with van der Waals surface area (Å²) >= 11 is 11.4. The number of hydrogen-bond donors (Lipinski definition) is 0. The van der Waals surface area contributed by atoms with Crippen molar-refractivity contribution in [2.75, 3.05) is 51.8 Å². The van der Waals surface area contributed by atoms with Crippen LogP contribution >= 0.6 is 58.8 Å². The highest BCUT2D eigenvalue weighted by molar-refractivity contribution is 8.06. The molecule has 0 aromatic carbocycles. The Morgan fingerprint density at radius 3 is 0.621 bits per heavy atom. The maximum atomic E-state index is 2.32. The van der Waals surface area contributed by atoms with Gasteiger partial charge in [-0.15, -0.1) is 0 Å². The van der Waals surface area contributed by atoms with Crippen LogP contribution in [0.3, 0.4) is 0 Å². The lowest BCUT2D eigenvalue weighted by Gasteiger charge is -2.16. The first-order valence-electron chi connectivity index (χ1n) is 30.8. The van der Waals surface area contributed by atoms with Crippen molar-refractivity contribution in [3.63, 3.8) is 0 Å². The van der Waals surface area contributed by atoms with Crippen molar-refractivity contribution in [1.82, 2.24) is 0 Å². The highest BCUT2D eigenvalue weighted by atomic mass is 32.2. The van der Waals surface area contributed by atoms with Gasteiger partial charge in [-0.2, -0.15) is 58.8 Å². The topological polar surface area (TPSA) is 0 Å². The van der Waals surface area contributed by atoms with E-state index in [1.165, 1.54) is 360 Å². The van der Waals surface area contributed by atoms with Crippen LogP contribution in [0.2, 0.25) is 0 Å². The lowest BCUT2D eigenvalue weighted by atomic mass is 10.0. The first kappa shape index (κ1) is 67.8. The van der Waals surface area contributed by atoms with Gasteiger partial charge in [-0.25, -0.2) is 0 Å². The molecule has 0 aliphatic heterocycles. The Labute approximate surface area is 441 Å². The third kappa shape index (κ3) is 61.9. The van der Waals surface area contributed by atoms with Crippen LogP contribution in [0.25, 0.3) is 0 Å². The molecular weight excluding hydrogens is 893 g/mol. The van der Waals surface area contributed by atoms with Gasteiger partial charge in [0.15, 0.2) is 0 Å². The smallest absolute Gasteiger partial charge is 0.0229 e. The maximum Gasteiger partial charge on any atom is 0.0229 e. The predicted octanol–water partition coefficient (Wildman–Crippen LogP) is 23.8. The second-order valence-electron chi connectivity index (χ2n) is 20.8. The van der Waals surface area contributed by atoms with Gasteiger partial charge in [0.1, 0.15) is 0 Å². The van der Waals surface area contributed by atoms with E-state index >= 15 is 0 Å². The summed E-state index contributed by atoms with van der Waals surface area (Å²) in [6, 6.07) is 0. The van der Waals surface area contributed by atoms with E-state index < -0.39 is 0 Å². The summed E-state index contributed by atoms with van der Waals surface area (Å²) in [5.41, 5.74) is 0. The van der Waals surface area contributed by atoms with Gasteiger partial charge in [0, 0.05) is 39.8 Å². The molecular formula is C61H124S5. The molecule has 0 fully saturated rings. The minimum Gasteiger partial charge on any atom is -0.161 e. The standard InChI is InChI=1S/C61H124S5/c1-4-7-10-13-16-19-22-25-28-31-34-37-40-43-46-49-52-62-55-56-65-60-61(59-64-54-51-48-45-42-39-36-33-30-27-24-21-18-15-12-9-6-3)66-58-57-63-53-50-47-44-41-38-35-32-29-26-23-20-17-14-11-8-5-2/h61H,4-60H2,1-3H3. The molecule has 0 rings (SSSR count). The van der Waals surface area contributed by atoms with Crippen LogP contribution in [-0.4, -0.2) is 57.0 Å². The molecule has 0 spiro atoms. The fourth-order valence-electron chi connectivity index (χ4n) is 9.43. The molecule has 0 saturated heterocycles. The van der Waals surface area contributed by atoms with Crippen molar-refractivity contribution in [2.24, 2.45) is 0 Å². The summed E-state index contributed by atoms with van der Waals surface area (Å²) < 4.78 is 0. The molecule has 0 nitrogen and oxygen atoms in total. The van der Waals surface area contributed by atoms with E-state index in [9.17, 15) is 0 Å². The quantitative estimate of drug-likeness (QED) is 0.0555. The predicted molar refractivity (Wildman–Crippen MR) is 324 cm³/mol. The first-order valence-corrected chi connectivity index (χ1v) is 36.4. The van der Waals surface area contributed by atoms with E-state index in [0.717, 1.165) is 5.25 Å². The van der Waals surface area contributed by atoms with Gasteiger partial charge in [-0.3, -0.25) is 0 Å². The molecule has 0 aliphatic rings. The van der Waals surface area contributed by atoms with Gasteiger partial charge < -0.3 is 0 Å². The zero-order valence-corrected chi connectivity index (χ0v) is 50.0. The Kier molecular flexibility index (Phi) is 66.5. The summed E-state index contributed by atoms with van der Waals surface area (Å²) in [5, 5.41) is 0.850. The van der Waals surface area contributed by atoms with Gasteiger partial charge in [0.2, 0.25) is 0 Å². The Morgan fingerprint density at radius 2 is 0.364 bits per heavy atom. The van der Waals surface area contributed by atoms with Crippen LogP contribution in [0, 0.1) is 0 Å². The molecule has 0 amide bonds. The third-order valence-corrected chi connectivity index (χ3v) is 20.7. The monoisotopic (exact) mass is 1020 g/mol. The lowest BCUT2D eigenvalue weighted by Crippen LogP contribution is -2.12. The summed E-state index contributed by atoms with van der Waals surface area (Å²) in [5.74, 6) is 12.4. The molecule has 0 N–H and O–H groups in total. The summed E-state index contributed by atoms with van der Waals surface area (Å²) in [7, 11) is 0. The molecule has 398 valence electrons. The van der Waals surface area contributed by atoms with Gasteiger partial charge >= 0.3 is 0 Å². The fourth-order valence-corrected chi connectivity index (χ4v) is 15.8. The zero-order valence-electron chi connectivity index (χ0n) is 45.9. The molecule has 0 aromatic heterocycles. The first-order chi connectivity index (χ1) is 32.8. The second kappa shape index (κ2) is 64.8. The minimum atomic E-state index is 0.850. The van der Waals surface area contributed by atoms with Crippen molar-refractivity contribution in [1.29, 1.82) is 0 Å². The average molecular weight is 1020 g/mol. The molecule has 1 unspecified atom stereocenters. The summed E-state index contributed by atoms with van der Waals surface area (Å²) in [4.78, 5) is 0. The number of rotatable bonds is 62. The highest BCUT2D eigenvalue weighted by Gasteiger charge is 2.10. The molecule has 0 bridgehead atoms. The van der Waals surface area contributed by atoms with Crippen molar-refractivity contribution in [3.8, 4) is 0 Å². The molecule has 0 heterocycles. The molecule has 0 aromatic rings. The third-order valence-electron chi connectivity index (χ3n) is 14.0. The van der Waals surface area contributed by atoms with Crippen LogP contribution in [0.4, 0.5) is 0 Å². The largest absolute Gasteiger partial charge is 0.161 e. The number of thioether (sulfide) groups is 5. The van der Waals surface area contributed by atoms with Gasteiger partial charge in [-0.05, 0) is 36.5 Å². The SMILES string of the molecule is CCCCCCCCCCCCCCCCCCSCCSCC(CSCCCCCCCCCCCCCCCCCC)SCCSCCCCCCCCCCCCCCCCCC. The Morgan fingerprint density at radius 1 is 0.182 bits per heavy atom. The van der Waals surface area contributed by atoms with Crippen LogP contribution in [0.5, 0.6) is 0 Å². The van der Waals surface area contributed by atoms with E-state index in [1.807, 2.05) is 0 Å². The second-order valence-corrected chi connectivity index (χ2v) is 26.9. The Bertz CT molecular complexity index is 808. The average Bonchev–Trinajstić information content (AvgIpc) is 3.33. The van der Waals surface area contributed by atoms with Gasteiger partial charge in [0.05, 0.1) is 0 Å². The van der Waals surface area contributed by atoms with Crippen molar-refractivity contribution >= 4 is 58.8 Å². The lowest BCUT2D eigenvalue weighted by molar-refractivity contribution is 0.531. The van der Waals surface area contributed by atoms with Crippen LogP contribution in [0.1, 0.15) is 329 Å². The van der Waals surface area contributed by atoms with Crippen molar-refractivity contribution < 1.29 is 0 Å². The molecule has 66 heavy (non-hydrogen) atoms. The molecule has 0 aliphatic carbocycles. The zero-order chi connectivity index (χ0) is 47.4. The van der Waals surface area contributed by atoms with E-state index in [-0.39, 0.29) is 0 Å². The van der Waals surface area contributed by atoms with Crippen LogP contribution in [-0.2, 0) is 0 Å². The fraction of sp³-hybridized carbons (Fsp3) is 1.00. The van der Waals surface area contributed by atoms with Crippen LogP contribution < -0.4 is 0 Å². The summed E-state index contributed by atoms with van der Waals surface area (Å²) in [6.45, 7) is 6.96. The Balaban J connectivity index is 3.96. The molecule has 0 radical (unpaired) electrons. The van der Waals surface area contributed by atoms with Crippen molar-refractivity contribution in [2.45, 2.75) is 334 Å². The number of unbranched alkanes of at least 4 members (excludes halogenated alkanes) is 45. The minimum absolute atomic E-state index is 0.850. The summed E-state index contributed by atoms with van der Waals surface area (Å²) in [6.07, 6.45) is 70.4. The Hall–Kier alpha value is 1.75.